The van der Waals surface area contributed by atoms with Gasteiger partial charge in [0.1, 0.15) is 0 Å². The third-order valence-corrected chi connectivity index (χ3v) is 4.99. The van der Waals surface area contributed by atoms with Gasteiger partial charge in [-0.25, -0.2) is 4.98 Å². The van der Waals surface area contributed by atoms with Crippen LogP contribution >= 0.6 is 0 Å². The molecule has 2 heterocycles. The fourth-order valence-corrected chi connectivity index (χ4v) is 3.42. The number of anilines is 2. The molecule has 0 spiro atoms. The summed E-state index contributed by atoms with van der Waals surface area (Å²) in [4.78, 5) is 21.7. The fourth-order valence-electron chi connectivity index (χ4n) is 3.42. The molecule has 2 aromatic carbocycles. The van der Waals surface area contributed by atoms with Gasteiger partial charge in [0.2, 0.25) is 0 Å². The predicted molar refractivity (Wildman–Crippen MR) is 109 cm³/mol. The van der Waals surface area contributed by atoms with Gasteiger partial charge in [-0.15, -0.1) is 0 Å². The quantitative estimate of drug-likeness (QED) is 0.698. The van der Waals surface area contributed by atoms with E-state index in [1.54, 1.807) is 6.20 Å². The number of hydrogen-bond acceptors (Lipinski definition) is 3. The summed E-state index contributed by atoms with van der Waals surface area (Å²) < 4.78 is 0. The van der Waals surface area contributed by atoms with Gasteiger partial charge in [-0.1, -0.05) is 47.5 Å². The molecule has 1 aliphatic rings. The monoisotopic (exact) mass is 357 g/mol. The Bertz CT molecular complexity index is 948. The summed E-state index contributed by atoms with van der Waals surface area (Å²) in [7, 11) is 0. The molecule has 0 radical (unpaired) electrons. The molecule has 4 nitrogen and oxygen atoms in total. The normalized spacial score (nSPS) is 13.4. The van der Waals surface area contributed by atoms with Crippen molar-refractivity contribution in [3.05, 3.63) is 89.1 Å². The standard InChI is InChI=1S/C23H23N3O/c1-17-5-9-19(10-6-17)16-25-14-15-26(21-4-3-13-24-22(21)25)23(27)20-11-7-18(2)8-12-20/h3-13H,14-16H2,1-2H3. The van der Waals surface area contributed by atoms with Crippen molar-refractivity contribution in [2.45, 2.75) is 20.4 Å². The molecule has 136 valence electrons. The van der Waals surface area contributed by atoms with E-state index < -0.39 is 0 Å². The number of nitrogens with zero attached hydrogens (tertiary/aromatic N) is 3. The van der Waals surface area contributed by atoms with Crippen LogP contribution in [0.15, 0.2) is 66.9 Å². The number of amides is 1. The van der Waals surface area contributed by atoms with Crippen molar-refractivity contribution < 1.29 is 4.79 Å². The second-order valence-corrected chi connectivity index (χ2v) is 7.08. The van der Waals surface area contributed by atoms with Crippen LogP contribution in [0.1, 0.15) is 27.0 Å². The van der Waals surface area contributed by atoms with Crippen LogP contribution < -0.4 is 9.80 Å². The van der Waals surface area contributed by atoms with Crippen molar-refractivity contribution >= 4 is 17.4 Å². The van der Waals surface area contributed by atoms with Gasteiger partial charge in [-0.05, 0) is 43.7 Å². The Labute approximate surface area is 160 Å². The van der Waals surface area contributed by atoms with Gasteiger partial charge in [0, 0.05) is 31.4 Å². The second kappa shape index (κ2) is 7.23. The van der Waals surface area contributed by atoms with Crippen molar-refractivity contribution in [2.24, 2.45) is 0 Å². The Hall–Kier alpha value is -3.14. The van der Waals surface area contributed by atoms with Crippen LogP contribution in [0.5, 0.6) is 0 Å². The minimum absolute atomic E-state index is 0.0271. The maximum absolute atomic E-state index is 13.1. The lowest BCUT2D eigenvalue weighted by atomic mass is 10.1. The molecule has 0 atom stereocenters. The summed E-state index contributed by atoms with van der Waals surface area (Å²) >= 11 is 0. The first kappa shape index (κ1) is 17.3. The molecule has 0 fully saturated rings. The number of aromatic nitrogens is 1. The van der Waals surface area contributed by atoms with E-state index >= 15 is 0 Å². The van der Waals surface area contributed by atoms with E-state index in [1.165, 1.54) is 11.1 Å². The van der Waals surface area contributed by atoms with E-state index in [2.05, 4.69) is 41.1 Å². The molecule has 1 aromatic heterocycles. The summed E-state index contributed by atoms with van der Waals surface area (Å²) in [5.41, 5.74) is 5.24. The average Bonchev–Trinajstić information content (AvgIpc) is 2.70. The topological polar surface area (TPSA) is 36.4 Å². The molecule has 1 aliphatic heterocycles. The highest BCUT2D eigenvalue weighted by Gasteiger charge is 2.28. The van der Waals surface area contributed by atoms with Crippen LogP contribution in [-0.4, -0.2) is 24.0 Å². The SMILES string of the molecule is Cc1ccc(CN2CCN(C(=O)c3ccc(C)cc3)c3cccnc32)cc1. The number of pyridine rings is 1. The molecule has 4 rings (SSSR count). The molecule has 0 N–H and O–H groups in total. The molecule has 4 heteroatoms. The number of fused-ring (bicyclic) bond motifs is 1. The van der Waals surface area contributed by atoms with Crippen molar-refractivity contribution in [1.82, 2.24) is 4.98 Å². The van der Waals surface area contributed by atoms with E-state index in [4.69, 9.17) is 0 Å². The van der Waals surface area contributed by atoms with Crippen LogP contribution in [-0.2, 0) is 6.54 Å². The fraction of sp³-hybridized carbons (Fsp3) is 0.217. The van der Waals surface area contributed by atoms with Gasteiger partial charge >= 0.3 is 0 Å². The number of aryl methyl sites for hydroxylation is 2. The van der Waals surface area contributed by atoms with Crippen LogP contribution in [0.25, 0.3) is 0 Å². The first-order chi connectivity index (χ1) is 13.1. The lowest BCUT2D eigenvalue weighted by molar-refractivity contribution is 0.0986. The maximum Gasteiger partial charge on any atom is 0.258 e. The van der Waals surface area contributed by atoms with E-state index in [-0.39, 0.29) is 5.91 Å². The number of rotatable bonds is 3. The van der Waals surface area contributed by atoms with E-state index in [0.717, 1.165) is 30.2 Å². The van der Waals surface area contributed by atoms with Crippen molar-refractivity contribution in [3.8, 4) is 0 Å². The minimum atomic E-state index is 0.0271. The van der Waals surface area contributed by atoms with Gasteiger partial charge in [-0.3, -0.25) is 4.79 Å². The minimum Gasteiger partial charge on any atom is -0.349 e. The largest absolute Gasteiger partial charge is 0.349 e. The Morgan fingerprint density at radius 2 is 1.59 bits per heavy atom. The Kier molecular flexibility index (Phi) is 4.63. The lowest BCUT2D eigenvalue weighted by Crippen LogP contribution is -2.44. The molecular weight excluding hydrogens is 334 g/mol. The summed E-state index contributed by atoms with van der Waals surface area (Å²) in [6.07, 6.45) is 1.79. The number of benzene rings is 2. The Morgan fingerprint density at radius 1 is 0.926 bits per heavy atom. The molecule has 1 amide bonds. The first-order valence-corrected chi connectivity index (χ1v) is 9.26. The average molecular weight is 357 g/mol. The Balaban J connectivity index is 1.62. The number of carbonyl (C=O) groups is 1. The summed E-state index contributed by atoms with van der Waals surface area (Å²) in [5.74, 6) is 0.893. The highest BCUT2D eigenvalue weighted by Crippen LogP contribution is 2.32. The molecular formula is C23H23N3O. The van der Waals surface area contributed by atoms with E-state index in [0.29, 0.717) is 12.1 Å². The molecule has 0 saturated heterocycles. The molecule has 0 saturated carbocycles. The molecule has 3 aromatic rings. The molecule has 0 aliphatic carbocycles. The predicted octanol–water partition coefficient (Wildman–Crippen LogP) is 4.37. The zero-order valence-corrected chi connectivity index (χ0v) is 15.7. The summed E-state index contributed by atoms with van der Waals surface area (Å²) in [6.45, 7) is 6.32. The van der Waals surface area contributed by atoms with Crippen LogP contribution in [0.3, 0.4) is 0 Å². The number of hydrogen-bond donors (Lipinski definition) is 0. The van der Waals surface area contributed by atoms with Gasteiger partial charge in [0.25, 0.3) is 5.91 Å². The van der Waals surface area contributed by atoms with Crippen LogP contribution in [0.4, 0.5) is 11.5 Å². The van der Waals surface area contributed by atoms with Gasteiger partial charge < -0.3 is 9.80 Å². The highest BCUT2D eigenvalue weighted by molar-refractivity contribution is 6.08. The summed E-state index contributed by atoms with van der Waals surface area (Å²) in [5, 5.41) is 0. The first-order valence-electron chi connectivity index (χ1n) is 9.26. The van der Waals surface area contributed by atoms with Crippen LogP contribution in [0, 0.1) is 13.8 Å². The van der Waals surface area contributed by atoms with E-state index in [1.807, 2.05) is 48.2 Å². The maximum atomic E-state index is 13.1. The van der Waals surface area contributed by atoms with Crippen molar-refractivity contribution in [1.29, 1.82) is 0 Å². The Morgan fingerprint density at radius 3 is 2.30 bits per heavy atom. The molecule has 27 heavy (non-hydrogen) atoms. The van der Waals surface area contributed by atoms with Gasteiger partial charge in [0.05, 0.1) is 5.69 Å². The van der Waals surface area contributed by atoms with Gasteiger partial charge in [0.15, 0.2) is 5.82 Å². The van der Waals surface area contributed by atoms with Crippen molar-refractivity contribution in [3.63, 3.8) is 0 Å². The summed E-state index contributed by atoms with van der Waals surface area (Å²) in [6, 6.07) is 20.2. The number of carbonyl (C=O) groups excluding carboxylic acids is 1. The zero-order chi connectivity index (χ0) is 18.8. The van der Waals surface area contributed by atoms with E-state index in [9.17, 15) is 4.79 Å². The highest BCUT2D eigenvalue weighted by atomic mass is 16.2. The smallest absolute Gasteiger partial charge is 0.258 e. The lowest BCUT2D eigenvalue weighted by Gasteiger charge is -2.36. The molecule has 0 unspecified atom stereocenters. The zero-order valence-electron chi connectivity index (χ0n) is 15.7. The second-order valence-electron chi connectivity index (χ2n) is 7.08. The molecule has 0 bridgehead atoms. The van der Waals surface area contributed by atoms with Crippen LogP contribution in [0.2, 0.25) is 0 Å². The van der Waals surface area contributed by atoms with Gasteiger partial charge in [-0.2, -0.15) is 0 Å². The van der Waals surface area contributed by atoms with Crippen molar-refractivity contribution in [2.75, 3.05) is 22.9 Å². The third-order valence-electron chi connectivity index (χ3n) is 4.99. The third kappa shape index (κ3) is 3.56.